The van der Waals surface area contributed by atoms with Crippen molar-refractivity contribution < 1.29 is 14.3 Å². The number of hydrogen-bond acceptors (Lipinski definition) is 3. The highest BCUT2D eigenvalue weighted by atomic mass is 16.6. The van der Waals surface area contributed by atoms with E-state index in [0.717, 1.165) is 12.0 Å². The van der Waals surface area contributed by atoms with Gasteiger partial charge in [-0.2, -0.15) is 0 Å². The summed E-state index contributed by atoms with van der Waals surface area (Å²) < 4.78 is 5.02. The highest BCUT2D eigenvalue weighted by Gasteiger charge is 2.23. The molecule has 0 atom stereocenters. The van der Waals surface area contributed by atoms with Crippen molar-refractivity contribution >= 4 is 12.0 Å². The van der Waals surface area contributed by atoms with Gasteiger partial charge in [0.15, 0.2) is 0 Å². The van der Waals surface area contributed by atoms with E-state index in [1.807, 2.05) is 36.1 Å². The lowest BCUT2D eigenvalue weighted by Crippen LogP contribution is -2.37. The van der Waals surface area contributed by atoms with E-state index in [2.05, 4.69) is 0 Å². The average Bonchev–Trinajstić information content (AvgIpc) is 2.72. The van der Waals surface area contributed by atoms with Gasteiger partial charge in [0, 0.05) is 31.7 Å². The molecule has 114 valence electrons. The molecule has 1 aliphatic heterocycles. The van der Waals surface area contributed by atoms with Crippen LogP contribution in [0.3, 0.4) is 0 Å². The molecule has 0 unspecified atom stereocenters. The average molecular weight is 290 g/mol. The monoisotopic (exact) mass is 290 g/mol. The van der Waals surface area contributed by atoms with Crippen LogP contribution in [0.4, 0.5) is 4.79 Å². The standard InChI is InChI=1S/C16H22N2O3/c1-3-21-16(20)18-9-5-8-17(10-11-18)15(19)14-7-4-6-13(2)12-14/h4,6-7,12H,3,5,8-11H2,1-2H3. The van der Waals surface area contributed by atoms with Gasteiger partial charge in [0.1, 0.15) is 0 Å². The fourth-order valence-electron chi connectivity index (χ4n) is 2.48. The molecule has 0 N–H and O–H groups in total. The Morgan fingerprint density at radius 2 is 1.86 bits per heavy atom. The molecular weight excluding hydrogens is 268 g/mol. The lowest BCUT2D eigenvalue weighted by atomic mass is 10.1. The molecule has 0 aromatic heterocycles. The molecule has 0 bridgehead atoms. The van der Waals surface area contributed by atoms with E-state index in [1.54, 1.807) is 11.8 Å². The van der Waals surface area contributed by atoms with E-state index in [-0.39, 0.29) is 12.0 Å². The second-order valence-corrected chi connectivity index (χ2v) is 5.20. The molecule has 0 radical (unpaired) electrons. The summed E-state index contributed by atoms with van der Waals surface area (Å²) >= 11 is 0. The van der Waals surface area contributed by atoms with Gasteiger partial charge in [-0.15, -0.1) is 0 Å². The molecule has 5 heteroatoms. The van der Waals surface area contributed by atoms with Crippen LogP contribution >= 0.6 is 0 Å². The van der Waals surface area contributed by atoms with Crippen molar-refractivity contribution in [3.05, 3.63) is 35.4 Å². The molecule has 21 heavy (non-hydrogen) atoms. The molecule has 0 saturated carbocycles. The van der Waals surface area contributed by atoms with Gasteiger partial charge in [0.25, 0.3) is 5.91 Å². The van der Waals surface area contributed by atoms with E-state index >= 15 is 0 Å². The summed E-state index contributed by atoms with van der Waals surface area (Å²) in [6.45, 7) is 6.52. The zero-order chi connectivity index (χ0) is 15.2. The summed E-state index contributed by atoms with van der Waals surface area (Å²) in [5, 5.41) is 0. The van der Waals surface area contributed by atoms with Gasteiger partial charge in [-0.3, -0.25) is 4.79 Å². The Balaban J connectivity index is 1.99. The van der Waals surface area contributed by atoms with Crippen LogP contribution in [0.1, 0.15) is 29.3 Å². The van der Waals surface area contributed by atoms with Crippen molar-refractivity contribution in [3.8, 4) is 0 Å². The summed E-state index contributed by atoms with van der Waals surface area (Å²) in [5.74, 6) is 0.0319. The number of ether oxygens (including phenoxy) is 1. The molecule has 2 rings (SSSR count). The van der Waals surface area contributed by atoms with E-state index in [4.69, 9.17) is 4.74 Å². The number of carbonyl (C=O) groups excluding carboxylic acids is 2. The van der Waals surface area contributed by atoms with E-state index in [1.165, 1.54) is 0 Å². The van der Waals surface area contributed by atoms with Gasteiger partial charge < -0.3 is 14.5 Å². The molecule has 0 aliphatic carbocycles. The van der Waals surface area contributed by atoms with Crippen LogP contribution in [-0.2, 0) is 4.74 Å². The van der Waals surface area contributed by atoms with Crippen LogP contribution in [-0.4, -0.2) is 54.6 Å². The molecule has 1 aromatic rings. The molecule has 1 heterocycles. The van der Waals surface area contributed by atoms with Gasteiger partial charge in [-0.25, -0.2) is 4.79 Å². The number of benzene rings is 1. The topological polar surface area (TPSA) is 49.9 Å². The first-order valence-electron chi connectivity index (χ1n) is 7.39. The minimum atomic E-state index is -0.289. The van der Waals surface area contributed by atoms with Crippen LogP contribution in [0.25, 0.3) is 0 Å². The Kier molecular flexibility index (Phi) is 5.20. The maximum Gasteiger partial charge on any atom is 0.409 e. The van der Waals surface area contributed by atoms with Crippen LogP contribution in [0.15, 0.2) is 24.3 Å². The Hall–Kier alpha value is -2.04. The molecule has 1 aliphatic rings. The fraction of sp³-hybridized carbons (Fsp3) is 0.500. The van der Waals surface area contributed by atoms with Gasteiger partial charge >= 0.3 is 6.09 Å². The number of hydrogen-bond donors (Lipinski definition) is 0. The SMILES string of the molecule is CCOC(=O)N1CCCN(C(=O)c2cccc(C)c2)CC1. The number of carbonyl (C=O) groups is 2. The van der Waals surface area contributed by atoms with Crippen LogP contribution in [0, 0.1) is 6.92 Å². The van der Waals surface area contributed by atoms with E-state index < -0.39 is 0 Å². The summed E-state index contributed by atoms with van der Waals surface area (Å²) in [6.07, 6.45) is 0.485. The second-order valence-electron chi connectivity index (χ2n) is 5.20. The first-order valence-corrected chi connectivity index (χ1v) is 7.39. The second kappa shape index (κ2) is 7.11. The lowest BCUT2D eigenvalue weighted by molar-refractivity contribution is 0.0753. The van der Waals surface area contributed by atoms with E-state index in [9.17, 15) is 9.59 Å². The van der Waals surface area contributed by atoms with Crippen LogP contribution in [0.2, 0.25) is 0 Å². The zero-order valence-corrected chi connectivity index (χ0v) is 12.7. The molecule has 2 amide bonds. The predicted molar refractivity (Wildman–Crippen MR) is 80.3 cm³/mol. The maximum atomic E-state index is 12.5. The fourth-order valence-corrected chi connectivity index (χ4v) is 2.48. The lowest BCUT2D eigenvalue weighted by Gasteiger charge is -2.22. The summed E-state index contributed by atoms with van der Waals surface area (Å²) in [7, 11) is 0. The number of aryl methyl sites for hydroxylation is 1. The quantitative estimate of drug-likeness (QED) is 0.839. The third kappa shape index (κ3) is 3.97. The first-order chi connectivity index (χ1) is 10.1. The Bertz CT molecular complexity index is 516. The molecule has 1 aromatic carbocycles. The van der Waals surface area contributed by atoms with Crippen molar-refractivity contribution in [2.75, 3.05) is 32.8 Å². The zero-order valence-electron chi connectivity index (χ0n) is 12.7. The van der Waals surface area contributed by atoms with Crippen molar-refractivity contribution in [3.63, 3.8) is 0 Å². The van der Waals surface area contributed by atoms with Gasteiger partial charge in [-0.05, 0) is 32.4 Å². The molecule has 1 saturated heterocycles. The van der Waals surface area contributed by atoms with Crippen molar-refractivity contribution in [1.29, 1.82) is 0 Å². The molecule has 5 nitrogen and oxygen atoms in total. The number of nitrogens with zero attached hydrogens (tertiary/aromatic N) is 2. The minimum absolute atomic E-state index is 0.0319. The molecular formula is C16H22N2O3. The highest BCUT2D eigenvalue weighted by Crippen LogP contribution is 2.11. The number of amides is 2. The molecule has 1 fully saturated rings. The Morgan fingerprint density at radius 3 is 2.57 bits per heavy atom. The van der Waals surface area contributed by atoms with Crippen LogP contribution < -0.4 is 0 Å². The Morgan fingerprint density at radius 1 is 1.14 bits per heavy atom. The highest BCUT2D eigenvalue weighted by molar-refractivity contribution is 5.94. The predicted octanol–water partition coefficient (Wildman–Crippen LogP) is 2.30. The summed E-state index contributed by atoms with van der Waals surface area (Å²) in [4.78, 5) is 27.7. The summed E-state index contributed by atoms with van der Waals surface area (Å²) in [6, 6.07) is 7.60. The van der Waals surface area contributed by atoms with Crippen LogP contribution in [0.5, 0.6) is 0 Å². The molecule has 0 spiro atoms. The summed E-state index contributed by atoms with van der Waals surface area (Å²) in [5.41, 5.74) is 1.78. The normalized spacial score (nSPS) is 15.5. The van der Waals surface area contributed by atoms with Crippen molar-refractivity contribution in [1.82, 2.24) is 9.80 Å². The third-order valence-electron chi connectivity index (χ3n) is 3.57. The van der Waals surface area contributed by atoms with Crippen molar-refractivity contribution in [2.24, 2.45) is 0 Å². The third-order valence-corrected chi connectivity index (χ3v) is 3.57. The largest absolute Gasteiger partial charge is 0.450 e. The Labute approximate surface area is 125 Å². The first kappa shape index (κ1) is 15.4. The van der Waals surface area contributed by atoms with Gasteiger partial charge in [0.05, 0.1) is 6.61 Å². The minimum Gasteiger partial charge on any atom is -0.450 e. The van der Waals surface area contributed by atoms with Gasteiger partial charge in [-0.1, -0.05) is 17.7 Å². The number of rotatable bonds is 2. The smallest absolute Gasteiger partial charge is 0.409 e. The van der Waals surface area contributed by atoms with Gasteiger partial charge in [0.2, 0.25) is 0 Å². The maximum absolute atomic E-state index is 12.5. The van der Waals surface area contributed by atoms with E-state index in [0.29, 0.717) is 38.3 Å². The van der Waals surface area contributed by atoms with Crippen molar-refractivity contribution in [2.45, 2.75) is 20.3 Å².